The van der Waals surface area contributed by atoms with Crippen LogP contribution in [0.3, 0.4) is 0 Å². The van der Waals surface area contributed by atoms with E-state index in [4.69, 9.17) is 12.2 Å². The molecule has 8 heteroatoms. The maximum Gasteiger partial charge on any atom is 0.267 e. The molecule has 0 saturated carbocycles. The topological polar surface area (TPSA) is 66.7 Å². The maximum atomic E-state index is 13.3. The summed E-state index contributed by atoms with van der Waals surface area (Å²) in [6.45, 7) is 7.99. The van der Waals surface area contributed by atoms with Gasteiger partial charge < -0.3 is 5.32 Å². The predicted molar refractivity (Wildman–Crippen MR) is 135 cm³/mol. The van der Waals surface area contributed by atoms with Crippen LogP contribution in [0.15, 0.2) is 71.0 Å². The summed E-state index contributed by atoms with van der Waals surface area (Å²) in [6.07, 6.45) is 4.95. The summed E-state index contributed by atoms with van der Waals surface area (Å²) in [4.78, 5) is 33.2. The van der Waals surface area contributed by atoms with E-state index < -0.39 is 0 Å². The monoisotopic (exact) mass is 462 g/mol. The van der Waals surface area contributed by atoms with Gasteiger partial charge in [0.15, 0.2) is 0 Å². The number of pyridine rings is 1. The molecule has 0 spiro atoms. The summed E-state index contributed by atoms with van der Waals surface area (Å²) in [5.41, 5.74) is 2.48. The number of benzene rings is 1. The zero-order valence-electron chi connectivity index (χ0n) is 17.7. The molecule has 0 bridgehead atoms. The Morgan fingerprint density at radius 3 is 2.69 bits per heavy atom. The maximum absolute atomic E-state index is 13.3. The molecule has 1 N–H and O–H groups in total. The first-order valence-electron chi connectivity index (χ1n) is 10.1. The molecular weight excluding hydrogens is 440 g/mol. The molecule has 1 aliphatic heterocycles. The summed E-state index contributed by atoms with van der Waals surface area (Å²) in [6, 6.07) is 13.2. The Hall–Kier alpha value is -3.23. The van der Waals surface area contributed by atoms with Gasteiger partial charge in [-0.3, -0.25) is 18.9 Å². The van der Waals surface area contributed by atoms with Crippen LogP contribution < -0.4 is 10.9 Å². The number of aromatic nitrogens is 2. The zero-order valence-corrected chi connectivity index (χ0v) is 19.4. The summed E-state index contributed by atoms with van der Waals surface area (Å²) < 4.78 is 1.95. The first-order valence-corrected chi connectivity index (χ1v) is 11.3. The molecule has 1 atom stereocenters. The van der Waals surface area contributed by atoms with Gasteiger partial charge in [0, 0.05) is 12.7 Å². The molecule has 0 aliphatic carbocycles. The van der Waals surface area contributed by atoms with E-state index >= 15 is 0 Å². The normalized spacial score (nSPS) is 16.1. The van der Waals surface area contributed by atoms with Crippen molar-refractivity contribution in [1.82, 2.24) is 14.3 Å². The third-order valence-electron chi connectivity index (χ3n) is 5.27. The van der Waals surface area contributed by atoms with Gasteiger partial charge in [0.25, 0.3) is 11.5 Å². The lowest BCUT2D eigenvalue weighted by molar-refractivity contribution is -0.123. The quantitative estimate of drug-likeness (QED) is 0.329. The molecule has 1 amide bonds. The van der Waals surface area contributed by atoms with Crippen LogP contribution in [-0.2, 0) is 4.79 Å². The van der Waals surface area contributed by atoms with Gasteiger partial charge >= 0.3 is 0 Å². The zero-order chi connectivity index (χ0) is 22.8. The van der Waals surface area contributed by atoms with Crippen molar-refractivity contribution in [1.29, 1.82) is 0 Å². The third kappa shape index (κ3) is 3.99. The van der Waals surface area contributed by atoms with Crippen LogP contribution in [0.1, 0.15) is 29.7 Å². The number of anilines is 1. The lowest BCUT2D eigenvalue weighted by atomic mass is 10.1. The molecule has 1 saturated heterocycles. The summed E-state index contributed by atoms with van der Waals surface area (Å²) >= 11 is 6.71. The van der Waals surface area contributed by atoms with Gasteiger partial charge in [-0.1, -0.05) is 66.5 Å². The van der Waals surface area contributed by atoms with Crippen LogP contribution in [0.25, 0.3) is 11.7 Å². The van der Waals surface area contributed by atoms with Gasteiger partial charge in [-0.15, -0.1) is 6.58 Å². The second-order valence-electron chi connectivity index (χ2n) is 7.37. The minimum Gasteiger partial charge on any atom is -0.366 e. The van der Waals surface area contributed by atoms with Crippen LogP contribution in [-0.4, -0.2) is 31.1 Å². The Kier molecular flexibility index (Phi) is 6.25. The summed E-state index contributed by atoms with van der Waals surface area (Å²) in [5.74, 6) is 0.185. The van der Waals surface area contributed by atoms with E-state index in [-0.39, 0.29) is 17.5 Å². The van der Waals surface area contributed by atoms with E-state index in [1.165, 1.54) is 16.2 Å². The number of amides is 1. The highest BCUT2D eigenvalue weighted by molar-refractivity contribution is 8.26. The van der Waals surface area contributed by atoms with Crippen molar-refractivity contribution in [3.05, 3.63) is 93.3 Å². The van der Waals surface area contributed by atoms with Gasteiger partial charge in [0.2, 0.25) is 0 Å². The largest absolute Gasteiger partial charge is 0.366 e. The van der Waals surface area contributed by atoms with Crippen LogP contribution >= 0.6 is 24.0 Å². The second-order valence-corrected chi connectivity index (χ2v) is 9.05. The van der Waals surface area contributed by atoms with Crippen molar-refractivity contribution >= 4 is 51.7 Å². The predicted octanol–water partition coefficient (Wildman–Crippen LogP) is 4.56. The molecule has 6 nitrogen and oxygen atoms in total. The summed E-state index contributed by atoms with van der Waals surface area (Å²) in [5, 5.41) is 3.13. The fourth-order valence-electron chi connectivity index (χ4n) is 3.57. The Balaban J connectivity index is 1.79. The van der Waals surface area contributed by atoms with E-state index in [0.717, 1.165) is 11.1 Å². The second kappa shape index (κ2) is 9.10. The third-order valence-corrected chi connectivity index (χ3v) is 6.60. The Morgan fingerprint density at radius 2 is 1.97 bits per heavy atom. The van der Waals surface area contributed by atoms with E-state index in [1.807, 2.05) is 50.2 Å². The number of aryl methyl sites for hydroxylation is 1. The molecule has 162 valence electrons. The van der Waals surface area contributed by atoms with Gasteiger partial charge in [0.1, 0.15) is 15.8 Å². The molecule has 3 aromatic rings. The number of hydrogen-bond acceptors (Lipinski definition) is 6. The van der Waals surface area contributed by atoms with E-state index in [9.17, 15) is 9.59 Å². The molecule has 0 radical (unpaired) electrons. The lowest BCUT2D eigenvalue weighted by Gasteiger charge is -2.23. The van der Waals surface area contributed by atoms with Crippen LogP contribution in [0.2, 0.25) is 0 Å². The number of fused-ring (bicyclic) bond motifs is 1. The number of rotatable bonds is 6. The minimum absolute atomic E-state index is 0.216. The molecule has 3 heterocycles. The summed E-state index contributed by atoms with van der Waals surface area (Å²) in [7, 11) is 0. The average Bonchev–Trinajstić information content (AvgIpc) is 3.08. The Labute approximate surface area is 195 Å². The van der Waals surface area contributed by atoms with E-state index in [2.05, 4.69) is 16.9 Å². The molecule has 32 heavy (non-hydrogen) atoms. The number of thiocarbonyl (C=S) groups is 1. The van der Waals surface area contributed by atoms with E-state index in [0.29, 0.717) is 32.8 Å². The van der Waals surface area contributed by atoms with Crippen molar-refractivity contribution < 1.29 is 4.79 Å². The first-order chi connectivity index (χ1) is 15.4. The van der Waals surface area contributed by atoms with Gasteiger partial charge in [0.05, 0.1) is 16.5 Å². The average molecular weight is 463 g/mol. The SMILES string of the molecule is C=CCNc1nc2c(C)cccn2c(=O)c1/C=C1\SC(=S)N([C@@H](C)c2ccccc2)C1=O. The first kappa shape index (κ1) is 22.0. The molecule has 4 rings (SSSR count). The van der Waals surface area contributed by atoms with Crippen molar-refractivity contribution in [2.24, 2.45) is 0 Å². The fourth-order valence-corrected chi connectivity index (χ4v) is 4.97. The Morgan fingerprint density at radius 1 is 1.22 bits per heavy atom. The standard InChI is InChI=1S/C24H22N4O2S2/c1-4-12-25-20-18(22(29)27-13-8-9-15(2)21(27)26-20)14-19-23(30)28(24(31)32-19)16(3)17-10-6-5-7-11-17/h4-11,13-14,16,25H,1,12H2,2-3H3/b19-14-/t16-/m0/s1. The minimum atomic E-state index is -0.258. The van der Waals surface area contributed by atoms with Crippen molar-refractivity contribution in [3.8, 4) is 0 Å². The lowest BCUT2D eigenvalue weighted by Crippen LogP contribution is -2.31. The smallest absolute Gasteiger partial charge is 0.267 e. The number of nitrogens with one attached hydrogen (secondary N) is 1. The molecular formula is C24H22N4O2S2. The van der Waals surface area contributed by atoms with Crippen LogP contribution in [0.4, 0.5) is 5.82 Å². The number of thioether (sulfide) groups is 1. The van der Waals surface area contributed by atoms with Crippen molar-refractivity contribution in [2.45, 2.75) is 19.9 Å². The molecule has 0 unspecified atom stereocenters. The molecule has 1 fully saturated rings. The van der Waals surface area contributed by atoms with Crippen molar-refractivity contribution in [3.63, 3.8) is 0 Å². The van der Waals surface area contributed by atoms with Crippen LogP contribution in [0, 0.1) is 6.92 Å². The van der Waals surface area contributed by atoms with Gasteiger partial charge in [-0.2, -0.15) is 0 Å². The number of nitrogens with zero attached hydrogens (tertiary/aromatic N) is 3. The van der Waals surface area contributed by atoms with Crippen LogP contribution in [0.5, 0.6) is 0 Å². The number of carbonyl (C=O) groups is 1. The fraction of sp³-hybridized carbons (Fsp3) is 0.167. The van der Waals surface area contributed by atoms with Gasteiger partial charge in [-0.25, -0.2) is 4.98 Å². The molecule has 2 aromatic heterocycles. The highest BCUT2D eigenvalue weighted by atomic mass is 32.2. The van der Waals surface area contributed by atoms with Crippen molar-refractivity contribution in [2.75, 3.05) is 11.9 Å². The number of hydrogen-bond donors (Lipinski definition) is 1. The Bertz CT molecular complexity index is 1310. The molecule has 1 aliphatic rings. The highest BCUT2D eigenvalue weighted by Crippen LogP contribution is 2.38. The van der Waals surface area contributed by atoms with Gasteiger partial charge in [-0.05, 0) is 37.1 Å². The van der Waals surface area contributed by atoms with E-state index in [1.54, 1.807) is 29.3 Å². The molecule has 1 aromatic carbocycles. The highest BCUT2D eigenvalue weighted by Gasteiger charge is 2.36. The number of carbonyl (C=O) groups excluding carboxylic acids is 1.